The number of hydrogen-bond donors (Lipinski definition) is 1. The lowest BCUT2D eigenvalue weighted by molar-refractivity contribution is 0.0918. The normalized spacial score (nSPS) is 11.0. The summed E-state index contributed by atoms with van der Waals surface area (Å²) in [5.74, 6) is 0.749. The Labute approximate surface area is 169 Å². The molecule has 0 saturated heterocycles. The number of nitrogens with zero attached hydrogens (tertiary/aromatic N) is 1. The summed E-state index contributed by atoms with van der Waals surface area (Å²) in [6.45, 7) is 2.31. The van der Waals surface area contributed by atoms with Gasteiger partial charge in [0.1, 0.15) is 12.4 Å². The van der Waals surface area contributed by atoms with E-state index < -0.39 is 0 Å². The van der Waals surface area contributed by atoms with Crippen LogP contribution in [-0.2, 0) is 17.9 Å². The number of benzene rings is 2. The third-order valence-electron chi connectivity index (χ3n) is 4.80. The molecule has 0 spiro atoms. The number of aromatic nitrogens is 1. The minimum atomic E-state index is -0.0564. The number of ether oxygens (including phenoxy) is 1. The maximum absolute atomic E-state index is 12.8. The van der Waals surface area contributed by atoms with Crippen molar-refractivity contribution in [1.82, 2.24) is 9.88 Å². The predicted molar refractivity (Wildman–Crippen MR) is 113 cm³/mol. The van der Waals surface area contributed by atoms with Crippen LogP contribution in [0.25, 0.3) is 10.9 Å². The summed E-state index contributed by atoms with van der Waals surface area (Å²) in [6, 6.07) is 22.0. The molecule has 1 amide bonds. The molecule has 4 aromatic rings. The van der Waals surface area contributed by atoms with Gasteiger partial charge in [-0.05, 0) is 30.2 Å². The Kier molecular flexibility index (Phi) is 6.07. The Hall–Kier alpha value is -3.31. The van der Waals surface area contributed by atoms with Crippen LogP contribution in [0.1, 0.15) is 28.1 Å². The number of hydrogen-bond acceptors (Lipinski definition) is 3. The molecule has 0 atom stereocenters. The van der Waals surface area contributed by atoms with Crippen molar-refractivity contribution in [2.75, 3.05) is 13.2 Å². The number of carbonyl (C=O) groups is 1. The van der Waals surface area contributed by atoms with E-state index in [0.717, 1.165) is 29.6 Å². The van der Waals surface area contributed by atoms with Gasteiger partial charge in [-0.3, -0.25) is 4.79 Å². The van der Waals surface area contributed by atoms with Crippen molar-refractivity contribution >= 4 is 16.8 Å². The minimum Gasteiger partial charge on any atom is -0.467 e. The van der Waals surface area contributed by atoms with Gasteiger partial charge in [0.05, 0.1) is 11.8 Å². The predicted octanol–water partition coefficient (Wildman–Crippen LogP) is 4.62. The smallest absolute Gasteiger partial charge is 0.253 e. The monoisotopic (exact) mass is 388 g/mol. The SMILES string of the molecule is O=C(NCCCOCc1ccco1)c1cn(Cc2ccccc2)c2ccccc12. The lowest BCUT2D eigenvalue weighted by Gasteiger charge is -2.05. The van der Waals surface area contributed by atoms with Crippen LogP contribution in [0.3, 0.4) is 0 Å². The van der Waals surface area contributed by atoms with Crippen LogP contribution in [0.5, 0.6) is 0 Å². The molecular weight excluding hydrogens is 364 g/mol. The summed E-state index contributed by atoms with van der Waals surface area (Å²) in [7, 11) is 0. The molecule has 1 N–H and O–H groups in total. The summed E-state index contributed by atoms with van der Waals surface area (Å²) >= 11 is 0. The number of nitrogens with one attached hydrogen (secondary N) is 1. The average molecular weight is 388 g/mol. The van der Waals surface area contributed by atoms with Crippen LogP contribution in [0.2, 0.25) is 0 Å². The first-order valence-electron chi connectivity index (χ1n) is 9.81. The Morgan fingerprint density at radius 2 is 1.83 bits per heavy atom. The van der Waals surface area contributed by atoms with Crippen molar-refractivity contribution in [2.24, 2.45) is 0 Å². The second kappa shape index (κ2) is 9.26. The summed E-state index contributed by atoms with van der Waals surface area (Å²) < 4.78 is 12.9. The molecule has 2 heterocycles. The zero-order valence-electron chi connectivity index (χ0n) is 16.2. The fourth-order valence-corrected chi connectivity index (χ4v) is 3.38. The fraction of sp³-hybridized carbons (Fsp3) is 0.208. The average Bonchev–Trinajstić information content (AvgIpc) is 3.40. The zero-order valence-corrected chi connectivity index (χ0v) is 16.2. The largest absolute Gasteiger partial charge is 0.467 e. The van der Waals surface area contributed by atoms with Gasteiger partial charge in [-0.15, -0.1) is 0 Å². The Morgan fingerprint density at radius 3 is 2.66 bits per heavy atom. The fourth-order valence-electron chi connectivity index (χ4n) is 3.38. The Balaban J connectivity index is 1.36. The summed E-state index contributed by atoms with van der Waals surface area (Å²) in [4.78, 5) is 12.8. The maximum atomic E-state index is 12.8. The highest BCUT2D eigenvalue weighted by Gasteiger charge is 2.14. The van der Waals surface area contributed by atoms with Gasteiger partial charge in [-0.25, -0.2) is 0 Å². The molecule has 2 aromatic heterocycles. The Bertz CT molecular complexity index is 1050. The summed E-state index contributed by atoms with van der Waals surface area (Å²) in [5.41, 5.74) is 2.96. The van der Waals surface area contributed by atoms with E-state index in [0.29, 0.717) is 25.3 Å². The first kappa shape index (κ1) is 19.0. The number of carbonyl (C=O) groups excluding carboxylic acids is 1. The standard InChI is InChI=1S/C24H24N2O3/c27-24(25-13-7-14-28-18-20-10-6-15-29-20)22-17-26(16-19-8-2-1-3-9-19)23-12-5-4-11-21(22)23/h1-6,8-12,15,17H,7,13-14,16,18H2,(H,25,27). The third kappa shape index (κ3) is 4.76. The summed E-state index contributed by atoms with van der Waals surface area (Å²) in [5, 5.41) is 3.97. The van der Waals surface area contributed by atoms with Crippen LogP contribution in [0.4, 0.5) is 0 Å². The van der Waals surface area contributed by atoms with Crippen LogP contribution < -0.4 is 5.32 Å². The van der Waals surface area contributed by atoms with Gasteiger partial charge in [0.25, 0.3) is 5.91 Å². The van der Waals surface area contributed by atoms with Crippen molar-refractivity contribution in [3.05, 3.63) is 96.1 Å². The lowest BCUT2D eigenvalue weighted by atomic mass is 10.1. The molecule has 4 rings (SSSR count). The van der Waals surface area contributed by atoms with Crippen molar-refractivity contribution in [3.8, 4) is 0 Å². The molecule has 0 unspecified atom stereocenters. The second-order valence-corrected chi connectivity index (χ2v) is 6.91. The molecule has 2 aromatic carbocycles. The molecule has 0 saturated carbocycles. The van der Waals surface area contributed by atoms with Crippen molar-refractivity contribution in [2.45, 2.75) is 19.6 Å². The maximum Gasteiger partial charge on any atom is 0.253 e. The highest BCUT2D eigenvalue weighted by molar-refractivity contribution is 6.07. The highest BCUT2D eigenvalue weighted by atomic mass is 16.5. The van der Waals surface area contributed by atoms with E-state index in [1.807, 2.05) is 54.7 Å². The molecule has 0 fully saturated rings. The van der Waals surface area contributed by atoms with Crippen molar-refractivity contribution in [1.29, 1.82) is 0 Å². The van der Waals surface area contributed by atoms with Crippen LogP contribution in [0.15, 0.2) is 83.6 Å². The van der Waals surface area contributed by atoms with E-state index in [9.17, 15) is 4.79 Å². The lowest BCUT2D eigenvalue weighted by Crippen LogP contribution is -2.25. The molecule has 0 aliphatic carbocycles. The number of para-hydroxylation sites is 1. The molecule has 5 heteroatoms. The number of furan rings is 1. The molecule has 0 aliphatic rings. The molecule has 148 valence electrons. The van der Waals surface area contributed by atoms with Crippen LogP contribution in [0, 0.1) is 0 Å². The number of amides is 1. The van der Waals surface area contributed by atoms with E-state index in [1.165, 1.54) is 5.56 Å². The highest BCUT2D eigenvalue weighted by Crippen LogP contribution is 2.22. The van der Waals surface area contributed by atoms with Gasteiger partial charge >= 0.3 is 0 Å². The van der Waals surface area contributed by atoms with E-state index in [-0.39, 0.29) is 5.91 Å². The Morgan fingerprint density at radius 1 is 1.00 bits per heavy atom. The van der Waals surface area contributed by atoms with Gasteiger partial charge in [0.2, 0.25) is 0 Å². The number of rotatable bonds is 9. The third-order valence-corrected chi connectivity index (χ3v) is 4.80. The quantitative estimate of drug-likeness (QED) is 0.426. The van der Waals surface area contributed by atoms with Crippen molar-refractivity contribution < 1.29 is 13.9 Å². The van der Waals surface area contributed by atoms with E-state index in [2.05, 4.69) is 28.1 Å². The van der Waals surface area contributed by atoms with Gasteiger partial charge in [0.15, 0.2) is 0 Å². The van der Waals surface area contributed by atoms with Crippen molar-refractivity contribution in [3.63, 3.8) is 0 Å². The zero-order chi connectivity index (χ0) is 19.9. The molecule has 0 radical (unpaired) electrons. The molecule has 29 heavy (non-hydrogen) atoms. The van der Waals surface area contributed by atoms with E-state index in [1.54, 1.807) is 6.26 Å². The first-order valence-corrected chi connectivity index (χ1v) is 9.81. The molecule has 0 aliphatic heterocycles. The van der Waals surface area contributed by atoms with Gasteiger partial charge < -0.3 is 19.0 Å². The van der Waals surface area contributed by atoms with Gasteiger partial charge in [-0.1, -0.05) is 48.5 Å². The number of fused-ring (bicyclic) bond motifs is 1. The molecule has 5 nitrogen and oxygen atoms in total. The second-order valence-electron chi connectivity index (χ2n) is 6.91. The van der Waals surface area contributed by atoms with Crippen LogP contribution in [-0.4, -0.2) is 23.6 Å². The van der Waals surface area contributed by atoms with Crippen LogP contribution >= 0.6 is 0 Å². The van der Waals surface area contributed by atoms with E-state index in [4.69, 9.17) is 9.15 Å². The topological polar surface area (TPSA) is 56.4 Å². The van der Waals surface area contributed by atoms with E-state index >= 15 is 0 Å². The minimum absolute atomic E-state index is 0.0564. The van der Waals surface area contributed by atoms with Gasteiger partial charge in [0, 0.05) is 36.8 Å². The molecule has 0 bridgehead atoms. The van der Waals surface area contributed by atoms with Gasteiger partial charge in [-0.2, -0.15) is 0 Å². The molecular formula is C24H24N2O3. The summed E-state index contributed by atoms with van der Waals surface area (Å²) in [6.07, 6.45) is 4.32. The first-order chi connectivity index (χ1) is 14.3.